The lowest BCUT2D eigenvalue weighted by Crippen LogP contribution is -2.40. The van der Waals surface area contributed by atoms with Gasteiger partial charge in [-0.15, -0.1) is 0 Å². The van der Waals surface area contributed by atoms with E-state index in [0.29, 0.717) is 10.8 Å². The summed E-state index contributed by atoms with van der Waals surface area (Å²) in [4.78, 5) is 18.8. The van der Waals surface area contributed by atoms with E-state index in [4.69, 9.17) is 16.3 Å². The van der Waals surface area contributed by atoms with Gasteiger partial charge >= 0.3 is 0 Å². The van der Waals surface area contributed by atoms with Crippen LogP contribution >= 0.6 is 11.6 Å². The number of nitrogens with zero attached hydrogens (tertiary/aromatic N) is 2. The van der Waals surface area contributed by atoms with E-state index in [2.05, 4.69) is 4.98 Å². The highest BCUT2D eigenvalue weighted by molar-refractivity contribution is 6.31. The molecule has 0 N–H and O–H groups in total. The van der Waals surface area contributed by atoms with Gasteiger partial charge in [-0.1, -0.05) is 11.6 Å². The predicted octanol–water partition coefficient (Wildman–Crippen LogP) is 4.17. The first-order valence-electron chi connectivity index (χ1n) is 8.19. The van der Waals surface area contributed by atoms with E-state index < -0.39 is 6.10 Å². The number of carbonyl (C=O) groups is 1. The molecular formula is C19H21ClN2O2. The number of pyridine rings is 1. The number of benzene rings is 1. The molecule has 4 nitrogen and oxygen atoms in total. The molecule has 2 heterocycles. The Morgan fingerprint density at radius 1 is 1.33 bits per heavy atom. The van der Waals surface area contributed by atoms with Gasteiger partial charge in [-0.25, -0.2) is 0 Å². The van der Waals surface area contributed by atoms with E-state index in [1.165, 1.54) is 0 Å². The summed E-state index contributed by atoms with van der Waals surface area (Å²) in [5.74, 6) is 0.680. The lowest BCUT2D eigenvalue weighted by atomic mass is 10.1. The van der Waals surface area contributed by atoms with Crippen molar-refractivity contribution in [3.8, 4) is 5.75 Å². The Morgan fingerprint density at radius 2 is 2.08 bits per heavy atom. The molecule has 126 valence electrons. The summed E-state index contributed by atoms with van der Waals surface area (Å²) in [6, 6.07) is 9.51. The van der Waals surface area contributed by atoms with Crippen molar-refractivity contribution in [2.75, 3.05) is 6.54 Å². The van der Waals surface area contributed by atoms with E-state index in [0.717, 1.165) is 30.5 Å². The van der Waals surface area contributed by atoms with Crippen molar-refractivity contribution >= 4 is 17.5 Å². The first kappa shape index (κ1) is 16.8. The van der Waals surface area contributed by atoms with Crippen molar-refractivity contribution < 1.29 is 9.53 Å². The Hall–Kier alpha value is -2.07. The summed E-state index contributed by atoms with van der Waals surface area (Å²) in [6.45, 7) is 4.48. The molecule has 1 fully saturated rings. The van der Waals surface area contributed by atoms with Gasteiger partial charge in [0.25, 0.3) is 5.91 Å². The Kier molecular flexibility index (Phi) is 5.05. The lowest BCUT2D eigenvalue weighted by molar-refractivity contribution is -0.138. The highest BCUT2D eigenvalue weighted by Gasteiger charge is 2.33. The van der Waals surface area contributed by atoms with Crippen LogP contribution in [0.5, 0.6) is 5.75 Å². The van der Waals surface area contributed by atoms with E-state index in [9.17, 15) is 4.79 Å². The molecule has 2 aromatic rings. The smallest absolute Gasteiger partial charge is 0.263 e. The number of hydrogen-bond donors (Lipinski definition) is 0. The zero-order valence-corrected chi connectivity index (χ0v) is 14.7. The molecule has 0 spiro atoms. The summed E-state index contributed by atoms with van der Waals surface area (Å²) in [7, 11) is 0. The van der Waals surface area contributed by atoms with Crippen molar-refractivity contribution in [1.82, 2.24) is 9.88 Å². The van der Waals surface area contributed by atoms with Gasteiger partial charge in [-0.3, -0.25) is 9.78 Å². The van der Waals surface area contributed by atoms with Gasteiger partial charge in [0.1, 0.15) is 5.75 Å². The van der Waals surface area contributed by atoms with E-state index in [1.807, 2.05) is 30.0 Å². The molecule has 1 amide bonds. The molecule has 1 aromatic heterocycles. The maximum atomic E-state index is 12.8. The molecule has 0 aliphatic carbocycles. The maximum absolute atomic E-state index is 12.8. The summed E-state index contributed by atoms with van der Waals surface area (Å²) >= 11 is 6.03. The van der Waals surface area contributed by atoms with Crippen LogP contribution in [0.3, 0.4) is 0 Å². The van der Waals surface area contributed by atoms with Crippen LogP contribution in [0.1, 0.15) is 36.9 Å². The van der Waals surface area contributed by atoms with Crippen LogP contribution in [0, 0.1) is 6.92 Å². The normalized spacial score (nSPS) is 18.5. The molecule has 2 atom stereocenters. The van der Waals surface area contributed by atoms with Crippen LogP contribution in [0.25, 0.3) is 0 Å². The Labute approximate surface area is 147 Å². The zero-order chi connectivity index (χ0) is 17.1. The second-order valence-electron chi connectivity index (χ2n) is 6.14. The average molecular weight is 345 g/mol. The van der Waals surface area contributed by atoms with Gasteiger partial charge in [-0.2, -0.15) is 0 Å². The minimum Gasteiger partial charge on any atom is -0.481 e. The number of halogens is 1. The van der Waals surface area contributed by atoms with Crippen LogP contribution in [-0.2, 0) is 4.79 Å². The second-order valence-corrected chi connectivity index (χ2v) is 6.55. The average Bonchev–Trinajstić information content (AvgIpc) is 3.08. The molecule has 1 aliphatic rings. The lowest BCUT2D eigenvalue weighted by Gasteiger charge is -2.28. The molecule has 1 aliphatic heterocycles. The molecule has 0 saturated carbocycles. The quantitative estimate of drug-likeness (QED) is 0.835. The number of carbonyl (C=O) groups excluding carboxylic acids is 1. The molecule has 0 radical (unpaired) electrons. The topological polar surface area (TPSA) is 42.4 Å². The van der Waals surface area contributed by atoms with Crippen molar-refractivity contribution in [2.45, 2.75) is 38.8 Å². The monoisotopic (exact) mass is 344 g/mol. The fourth-order valence-electron chi connectivity index (χ4n) is 3.14. The van der Waals surface area contributed by atoms with Gasteiger partial charge in [0.2, 0.25) is 0 Å². The Morgan fingerprint density at radius 3 is 2.79 bits per heavy atom. The van der Waals surface area contributed by atoms with Gasteiger partial charge in [0.15, 0.2) is 6.10 Å². The number of aryl methyl sites for hydroxylation is 1. The van der Waals surface area contributed by atoms with Crippen LogP contribution in [-0.4, -0.2) is 28.4 Å². The number of rotatable bonds is 4. The van der Waals surface area contributed by atoms with Gasteiger partial charge in [-0.05, 0) is 68.1 Å². The van der Waals surface area contributed by atoms with Crippen LogP contribution < -0.4 is 4.74 Å². The summed E-state index contributed by atoms with van der Waals surface area (Å²) < 4.78 is 5.85. The molecule has 3 rings (SSSR count). The van der Waals surface area contributed by atoms with Crippen molar-refractivity contribution in [1.29, 1.82) is 0 Å². The van der Waals surface area contributed by atoms with E-state index in [-0.39, 0.29) is 11.9 Å². The Balaban J connectivity index is 1.71. The van der Waals surface area contributed by atoms with E-state index in [1.54, 1.807) is 31.5 Å². The molecule has 24 heavy (non-hydrogen) atoms. The number of aromatic nitrogens is 1. The number of hydrogen-bond acceptors (Lipinski definition) is 3. The number of likely N-dealkylation sites (tertiary alicyclic amines) is 1. The maximum Gasteiger partial charge on any atom is 0.263 e. The fourth-order valence-corrected chi connectivity index (χ4v) is 3.26. The predicted molar refractivity (Wildman–Crippen MR) is 94.2 cm³/mol. The third-order valence-electron chi connectivity index (χ3n) is 4.42. The molecule has 1 aromatic carbocycles. The highest BCUT2D eigenvalue weighted by Crippen LogP contribution is 2.32. The first-order valence-corrected chi connectivity index (χ1v) is 8.57. The molecule has 2 unspecified atom stereocenters. The highest BCUT2D eigenvalue weighted by atomic mass is 35.5. The summed E-state index contributed by atoms with van der Waals surface area (Å²) in [5, 5.41) is 0.693. The van der Waals surface area contributed by atoms with Crippen molar-refractivity contribution in [2.24, 2.45) is 0 Å². The largest absolute Gasteiger partial charge is 0.481 e. The summed E-state index contributed by atoms with van der Waals surface area (Å²) in [6.07, 6.45) is 4.99. The zero-order valence-electron chi connectivity index (χ0n) is 13.9. The second kappa shape index (κ2) is 7.22. The standard InChI is InChI=1S/C19H21ClN2O2/c1-13-12-16(5-6-17(13)20)24-14(2)19(23)22-11-3-4-18(22)15-7-9-21-10-8-15/h5-10,12,14,18H,3-4,11H2,1-2H3. The van der Waals surface area contributed by atoms with E-state index >= 15 is 0 Å². The van der Waals surface area contributed by atoms with Crippen LogP contribution in [0.15, 0.2) is 42.7 Å². The molecular weight excluding hydrogens is 324 g/mol. The number of ether oxygens (including phenoxy) is 1. The Bertz CT molecular complexity index is 721. The SMILES string of the molecule is Cc1cc(OC(C)C(=O)N2CCCC2c2ccncc2)ccc1Cl. The third kappa shape index (κ3) is 3.54. The minimum absolute atomic E-state index is 0.0157. The van der Waals surface area contributed by atoms with Crippen molar-refractivity contribution in [3.05, 3.63) is 58.9 Å². The fraction of sp³-hybridized carbons (Fsp3) is 0.368. The van der Waals surface area contributed by atoms with Crippen molar-refractivity contribution in [3.63, 3.8) is 0 Å². The molecule has 0 bridgehead atoms. The van der Waals surface area contributed by atoms with Crippen LogP contribution in [0.2, 0.25) is 5.02 Å². The number of amides is 1. The van der Waals surface area contributed by atoms with Crippen LogP contribution in [0.4, 0.5) is 0 Å². The summed E-state index contributed by atoms with van der Waals surface area (Å²) in [5.41, 5.74) is 2.06. The minimum atomic E-state index is -0.534. The third-order valence-corrected chi connectivity index (χ3v) is 4.84. The van der Waals surface area contributed by atoms with Gasteiger partial charge in [0, 0.05) is 24.0 Å². The molecule has 1 saturated heterocycles. The molecule has 5 heteroatoms. The van der Waals surface area contributed by atoms with Gasteiger partial charge < -0.3 is 9.64 Å². The van der Waals surface area contributed by atoms with Gasteiger partial charge in [0.05, 0.1) is 6.04 Å². The first-order chi connectivity index (χ1) is 11.6.